The van der Waals surface area contributed by atoms with Gasteiger partial charge in [-0.25, -0.2) is 4.39 Å². The van der Waals surface area contributed by atoms with Crippen molar-refractivity contribution in [2.75, 3.05) is 26.2 Å². The lowest BCUT2D eigenvalue weighted by Gasteiger charge is -2.18. The minimum Gasteiger partial charge on any atom is -0.481 e. The zero-order chi connectivity index (χ0) is 14.3. The Balaban J connectivity index is 2.60. The van der Waals surface area contributed by atoms with Crippen molar-refractivity contribution in [1.29, 1.82) is 0 Å². The van der Waals surface area contributed by atoms with Crippen LogP contribution in [0.25, 0.3) is 0 Å². The van der Waals surface area contributed by atoms with Gasteiger partial charge >= 0.3 is 0 Å². The van der Waals surface area contributed by atoms with Gasteiger partial charge in [-0.05, 0) is 44.5 Å². The van der Waals surface area contributed by atoms with E-state index in [9.17, 15) is 9.18 Å². The fraction of sp³-hybridized carbons (Fsp3) is 0.500. The molecular formula is C14H21FN2O2. The number of rotatable bonds is 7. The van der Waals surface area contributed by atoms with Crippen molar-refractivity contribution in [3.63, 3.8) is 0 Å². The minimum atomic E-state index is -0.460. The molecule has 106 valence electrons. The van der Waals surface area contributed by atoms with E-state index < -0.39 is 5.82 Å². The lowest BCUT2D eigenvalue weighted by Crippen LogP contribution is -2.34. The summed E-state index contributed by atoms with van der Waals surface area (Å²) in [5.41, 5.74) is 6.23. The molecule has 1 amide bonds. The van der Waals surface area contributed by atoms with Crippen LogP contribution < -0.4 is 10.5 Å². The van der Waals surface area contributed by atoms with E-state index in [1.165, 1.54) is 12.1 Å². The van der Waals surface area contributed by atoms with Crippen molar-refractivity contribution >= 4 is 5.91 Å². The number of carbonyl (C=O) groups is 1. The van der Waals surface area contributed by atoms with Gasteiger partial charge in [-0.2, -0.15) is 0 Å². The number of carbonyl (C=O) groups excluding carboxylic acids is 1. The molecule has 4 nitrogen and oxygen atoms in total. The van der Waals surface area contributed by atoms with Crippen LogP contribution in [0, 0.1) is 5.82 Å². The highest BCUT2D eigenvalue weighted by atomic mass is 19.1. The molecule has 19 heavy (non-hydrogen) atoms. The Bertz CT molecular complexity index is 420. The second-order valence-corrected chi connectivity index (χ2v) is 4.16. The van der Waals surface area contributed by atoms with Gasteiger partial charge < -0.3 is 15.4 Å². The molecule has 0 aromatic heterocycles. The quantitative estimate of drug-likeness (QED) is 0.816. The van der Waals surface area contributed by atoms with E-state index in [0.29, 0.717) is 26.1 Å². The van der Waals surface area contributed by atoms with Gasteiger partial charge in [0.15, 0.2) is 18.2 Å². The summed E-state index contributed by atoms with van der Waals surface area (Å²) in [6.07, 6.45) is 0.621. The maximum atomic E-state index is 13.7. The number of hydrogen-bond donors (Lipinski definition) is 1. The Kier molecular flexibility index (Phi) is 6.29. The summed E-state index contributed by atoms with van der Waals surface area (Å²) in [5.74, 6) is -0.505. The fourth-order valence-corrected chi connectivity index (χ4v) is 1.79. The standard InChI is InChI=1S/C14H21FN2O2/c1-3-17(4-2)14(18)10-19-13-6-5-11(7-8-16)9-12(13)15/h5-6,9H,3-4,7-8,10,16H2,1-2H3. The van der Waals surface area contributed by atoms with Crippen LogP contribution in [0.5, 0.6) is 5.75 Å². The molecule has 0 aliphatic heterocycles. The van der Waals surface area contributed by atoms with E-state index >= 15 is 0 Å². The Labute approximate surface area is 113 Å². The number of ether oxygens (including phenoxy) is 1. The number of likely N-dealkylation sites (N-methyl/N-ethyl adjacent to an activating group) is 1. The number of hydrogen-bond acceptors (Lipinski definition) is 3. The van der Waals surface area contributed by atoms with Gasteiger partial charge in [0.1, 0.15) is 0 Å². The summed E-state index contributed by atoms with van der Waals surface area (Å²) < 4.78 is 18.9. The van der Waals surface area contributed by atoms with E-state index in [-0.39, 0.29) is 18.3 Å². The van der Waals surface area contributed by atoms with E-state index in [1.54, 1.807) is 11.0 Å². The van der Waals surface area contributed by atoms with Crippen LogP contribution in [0.4, 0.5) is 4.39 Å². The molecule has 0 unspecified atom stereocenters. The Morgan fingerprint density at radius 1 is 1.37 bits per heavy atom. The first-order chi connectivity index (χ1) is 9.12. The van der Waals surface area contributed by atoms with Crippen LogP contribution in [-0.2, 0) is 11.2 Å². The molecule has 1 aromatic rings. The van der Waals surface area contributed by atoms with E-state index in [4.69, 9.17) is 10.5 Å². The number of benzene rings is 1. The van der Waals surface area contributed by atoms with E-state index in [2.05, 4.69) is 0 Å². The van der Waals surface area contributed by atoms with Gasteiger partial charge in [-0.1, -0.05) is 6.07 Å². The van der Waals surface area contributed by atoms with Gasteiger partial charge in [0, 0.05) is 13.1 Å². The molecule has 0 fully saturated rings. The molecule has 0 heterocycles. The lowest BCUT2D eigenvalue weighted by atomic mass is 10.1. The van der Waals surface area contributed by atoms with Crippen LogP contribution in [0.15, 0.2) is 18.2 Å². The highest BCUT2D eigenvalue weighted by molar-refractivity contribution is 5.77. The predicted octanol–water partition coefficient (Wildman–Crippen LogP) is 1.57. The van der Waals surface area contributed by atoms with E-state index in [0.717, 1.165) is 5.56 Å². The third kappa shape index (κ3) is 4.52. The number of amides is 1. The first-order valence-corrected chi connectivity index (χ1v) is 6.51. The predicted molar refractivity (Wildman–Crippen MR) is 72.6 cm³/mol. The largest absolute Gasteiger partial charge is 0.481 e. The first-order valence-electron chi connectivity index (χ1n) is 6.51. The van der Waals surface area contributed by atoms with Gasteiger partial charge in [0.05, 0.1) is 0 Å². The molecule has 1 rings (SSSR count). The number of nitrogens with two attached hydrogens (primary N) is 1. The highest BCUT2D eigenvalue weighted by Gasteiger charge is 2.12. The van der Waals surface area contributed by atoms with Gasteiger partial charge in [-0.15, -0.1) is 0 Å². The summed E-state index contributed by atoms with van der Waals surface area (Å²) in [6.45, 7) is 5.36. The molecular weight excluding hydrogens is 247 g/mol. The molecule has 0 radical (unpaired) electrons. The molecule has 5 heteroatoms. The van der Waals surface area contributed by atoms with Crippen molar-refractivity contribution in [3.05, 3.63) is 29.6 Å². The highest BCUT2D eigenvalue weighted by Crippen LogP contribution is 2.18. The molecule has 0 spiro atoms. The Hall–Kier alpha value is -1.62. The zero-order valence-electron chi connectivity index (χ0n) is 11.5. The smallest absolute Gasteiger partial charge is 0.260 e. The fourth-order valence-electron chi connectivity index (χ4n) is 1.79. The molecule has 0 aliphatic rings. The minimum absolute atomic E-state index is 0.0984. The van der Waals surface area contributed by atoms with E-state index in [1.807, 2.05) is 13.8 Å². The average molecular weight is 268 g/mol. The van der Waals surface area contributed by atoms with Crippen molar-refractivity contribution in [2.24, 2.45) is 5.73 Å². The van der Waals surface area contributed by atoms with Crippen LogP contribution in [0.1, 0.15) is 19.4 Å². The van der Waals surface area contributed by atoms with Gasteiger partial charge in [0.25, 0.3) is 5.91 Å². The van der Waals surface area contributed by atoms with Crippen LogP contribution in [-0.4, -0.2) is 37.0 Å². The first kappa shape index (κ1) is 15.4. The summed E-state index contributed by atoms with van der Waals surface area (Å²) >= 11 is 0. The van der Waals surface area contributed by atoms with Crippen LogP contribution >= 0.6 is 0 Å². The summed E-state index contributed by atoms with van der Waals surface area (Å²) in [7, 11) is 0. The maximum Gasteiger partial charge on any atom is 0.260 e. The number of nitrogens with zero attached hydrogens (tertiary/aromatic N) is 1. The van der Waals surface area contributed by atoms with Crippen molar-refractivity contribution in [3.8, 4) is 5.75 Å². The molecule has 0 bridgehead atoms. The molecule has 0 saturated carbocycles. The summed E-state index contributed by atoms with van der Waals surface area (Å²) in [5, 5.41) is 0. The molecule has 2 N–H and O–H groups in total. The third-order valence-corrected chi connectivity index (χ3v) is 2.90. The van der Waals surface area contributed by atoms with Gasteiger partial charge in [0.2, 0.25) is 0 Å². The maximum absolute atomic E-state index is 13.7. The summed E-state index contributed by atoms with van der Waals surface area (Å²) in [6, 6.07) is 4.69. The third-order valence-electron chi connectivity index (χ3n) is 2.90. The molecule has 0 saturated heterocycles. The molecule has 0 atom stereocenters. The monoisotopic (exact) mass is 268 g/mol. The van der Waals surface area contributed by atoms with Gasteiger partial charge in [-0.3, -0.25) is 4.79 Å². The SMILES string of the molecule is CCN(CC)C(=O)COc1ccc(CCN)cc1F. The second kappa shape index (κ2) is 7.74. The van der Waals surface area contributed by atoms with Crippen molar-refractivity contribution < 1.29 is 13.9 Å². The summed E-state index contributed by atoms with van der Waals surface area (Å²) in [4.78, 5) is 13.4. The van der Waals surface area contributed by atoms with Crippen LogP contribution in [0.3, 0.4) is 0 Å². The Morgan fingerprint density at radius 2 is 2.05 bits per heavy atom. The lowest BCUT2D eigenvalue weighted by molar-refractivity contribution is -0.133. The average Bonchev–Trinajstić information content (AvgIpc) is 2.39. The topological polar surface area (TPSA) is 55.6 Å². The van der Waals surface area contributed by atoms with Crippen molar-refractivity contribution in [1.82, 2.24) is 4.90 Å². The Morgan fingerprint density at radius 3 is 2.58 bits per heavy atom. The second-order valence-electron chi connectivity index (χ2n) is 4.16. The zero-order valence-corrected chi connectivity index (χ0v) is 11.5. The molecule has 1 aromatic carbocycles. The number of halogens is 1. The van der Waals surface area contributed by atoms with Crippen molar-refractivity contribution in [2.45, 2.75) is 20.3 Å². The molecule has 0 aliphatic carbocycles. The normalized spacial score (nSPS) is 10.3. The van der Waals surface area contributed by atoms with Crippen LogP contribution in [0.2, 0.25) is 0 Å².